The van der Waals surface area contributed by atoms with Gasteiger partial charge in [0.05, 0.1) is 0 Å². The summed E-state index contributed by atoms with van der Waals surface area (Å²) in [5.41, 5.74) is 0.394. The van der Waals surface area contributed by atoms with Gasteiger partial charge >= 0.3 is 0 Å². The number of pyridine rings is 1. The molecule has 0 bridgehead atoms. The van der Waals surface area contributed by atoms with Crippen molar-refractivity contribution < 1.29 is 5.11 Å². The van der Waals surface area contributed by atoms with Crippen molar-refractivity contribution in [1.29, 1.82) is 0 Å². The van der Waals surface area contributed by atoms with Crippen LogP contribution in [-0.4, -0.2) is 16.6 Å². The Balaban J connectivity index is 2.83. The van der Waals surface area contributed by atoms with E-state index in [1.54, 1.807) is 0 Å². The highest BCUT2D eigenvalue weighted by atomic mass is 16.3. The Kier molecular flexibility index (Phi) is 2.88. The van der Waals surface area contributed by atoms with Crippen LogP contribution in [0.15, 0.2) is 17.1 Å². The van der Waals surface area contributed by atoms with Crippen molar-refractivity contribution in [2.24, 2.45) is 0 Å². The molecule has 0 atom stereocenters. The smallest absolute Gasteiger partial charge is 0.252 e. The van der Waals surface area contributed by atoms with Gasteiger partial charge in [0.1, 0.15) is 5.75 Å². The summed E-state index contributed by atoms with van der Waals surface area (Å²) in [6, 6.07) is 1.46. The second-order valence-electron chi connectivity index (χ2n) is 2.49. The number of rotatable bonds is 3. The van der Waals surface area contributed by atoms with Gasteiger partial charge in [-0.1, -0.05) is 6.92 Å². The lowest BCUT2D eigenvalue weighted by Crippen LogP contribution is -2.20. The van der Waals surface area contributed by atoms with Gasteiger partial charge in [-0.25, -0.2) is 0 Å². The molecule has 1 rings (SSSR count). The van der Waals surface area contributed by atoms with Gasteiger partial charge in [-0.3, -0.25) is 4.79 Å². The number of H-pyrrole nitrogens is 1. The lowest BCUT2D eigenvalue weighted by molar-refractivity contribution is 0.470. The zero-order valence-corrected chi connectivity index (χ0v) is 6.92. The number of hydrogen-bond acceptors (Lipinski definition) is 3. The Morgan fingerprint density at radius 3 is 3.08 bits per heavy atom. The van der Waals surface area contributed by atoms with E-state index >= 15 is 0 Å². The van der Waals surface area contributed by atoms with Crippen LogP contribution in [-0.2, 0) is 6.54 Å². The molecule has 0 fully saturated rings. The molecule has 0 aliphatic heterocycles. The number of aromatic nitrogens is 1. The molecule has 66 valence electrons. The van der Waals surface area contributed by atoms with Crippen LogP contribution in [0.3, 0.4) is 0 Å². The van der Waals surface area contributed by atoms with Gasteiger partial charge in [-0.05, 0) is 12.6 Å². The fraction of sp³-hybridized carbons (Fsp3) is 0.375. The second kappa shape index (κ2) is 3.92. The van der Waals surface area contributed by atoms with Gasteiger partial charge in [-0.15, -0.1) is 0 Å². The van der Waals surface area contributed by atoms with Crippen LogP contribution < -0.4 is 10.9 Å². The molecule has 0 saturated carbocycles. The summed E-state index contributed by atoms with van der Waals surface area (Å²) in [5.74, 6) is 0.0857. The highest BCUT2D eigenvalue weighted by Crippen LogP contribution is 2.03. The molecule has 0 radical (unpaired) electrons. The van der Waals surface area contributed by atoms with Crippen LogP contribution in [0.25, 0.3) is 0 Å². The van der Waals surface area contributed by atoms with Gasteiger partial charge in [-0.2, -0.15) is 0 Å². The van der Waals surface area contributed by atoms with Gasteiger partial charge in [0.25, 0.3) is 5.56 Å². The van der Waals surface area contributed by atoms with Gasteiger partial charge < -0.3 is 15.4 Å². The summed E-state index contributed by atoms with van der Waals surface area (Å²) in [6.07, 6.45) is 1.28. The van der Waals surface area contributed by atoms with Crippen LogP contribution in [0, 0.1) is 0 Å². The van der Waals surface area contributed by atoms with Crippen LogP contribution >= 0.6 is 0 Å². The predicted molar refractivity (Wildman–Crippen MR) is 46.1 cm³/mol. The first-order chi connectivity index (χ1) is 5.74. The molecule has 12 heavy (non-hydrogen) atoms. The maximum Gasteiger partial charge on any atom is 0.252 e. The van der Waals surface area contributed by atoms with Crippen molar-refractivity contribution in [1.82, 2.24) is 10.3 Å². The summed E-state index contributed by atoms with van der Waals surface area (Å²) < 4.78 is 0. The van der Waals surface area contributed by atoms with Crippen molar-refractivity contribution in [2.45, 2.75) is 13.5 Å². The van der Waals surface area contributed by atoms with Crippen LogP contribution in [0.4, 0.5) is 0 Å². The van der Waals surface area contributed by atoms with Crippen LogP contribution in [0.1, 0.15) is 12.5 Å². The molecule has 0 aliphatic rings. The van der Waals surface area contributed by atoms with E-state index in [1.165, 1.54) is 12.3 Å². The van der Waals surface area contributed by atoms with Crippen molar-refractivity contribution in [2.75, 3.05) is 6.54 Å². The van der Waals surface area contributed by atoms with E-state index in [-0.39, 0.29) is 11.3 Å². The first kappa shape index (κ1) is 8.80. The lowest BCUT2D eigenvalue weighted by atomic mass is 10.2. The zero-order chi connectivity index (χ0) is 8.97. The van der Waals surface area contributed by atoms with Crippen LogP contribution in [0.2, 0.25) is 0 Å². The minimum absolute atomic E-state index is 0.0857. The third-order valence-electron chi connectivity index (χ3n) is 1.53. The van der Waals surface area contributed by atoms with E-state index in [0.717, 1.165) is 6.54 Å². The maximum atomic E-state index is 11.1. The largest absolute Gasteiger partial charge is 0.506 e. The molecule has 4 heteroatoms. The lowest BCUT2D eigenvalue weighted by Gasteiger charge is -2.00. The first-order valence-electron chi connectivity index (χ1n) is 3.85. The monoisotopic (exact) mass is 168 g/mol. The summed E-state index contributed by atoms with van der Waals surface area (Å²) in [4.78, 5) is 13.5. The number of hydrogen-bond donors (Lipinski definition) is 3. The number of nitrogens with one attached hydrogen (secondary N) is 2. The zero-order valence-electron chi connectivity index (χ0n) is 6.92. The topological polar surface area (TPSA) is 65.1 Å². The maximum absolute atomic E-state index is 11.1. The number of aromatic amines is 1. The van der Waals surface area contributed by atoms with Crippen molar-refractivity contribution in [3.63, 3.8) is 0 Å². The summed E-state index contributed by atoms with van der Waals surface area (Å²) >= 11 is 0. The molecular formula is C8H12N2O2. The van der Waals surface area contributed by atoms with Gasteiger partial charge in [0, 0.05) is 18.3 Å². The minimum atomic E-state index is -0.159. The van der Waals surface area contributed by atoms with E-state index < -0.39 is 0 Å². The molecule has 1 aromatic heterocycles. The Morgan fingerprint density at radius 1 is 1.67 bits per heavy atom. The van der Waals surface area contributed by atoms with Gasteiger partial charge in [0.2, 0.25) is 0 Å². The Labute approximate surface area is 70.3 Å². The number of aromatic hydroxyl groups is 1. The highest BCUT2D eigenvalue weighted by molar-refractivity contribution is 5.21. The SMILES string of the molecule is CCNCc1cc(O)c[nH]c1=O. The molecule has 3 N–H and O–H groups in total. The van der Waals surface area contributed by atoms with E-state index in [0.29, 0.717) is 12.1 Å². The van der Waals surface area contributed by atoms with Crippen molar-refractivity contribution in [3.05, 3.63) is 28.2 Å². The van der Waals surface area contributed by atoms with Crippen LogP contribution in [0.5, 0.6) is 5.75 Å². The second-order valence-corrected chi connectivity index (χ2v) is 2.49. The fourth-order valence-corrected chi connectivity index (χ4v) is 0.909. The Morgan fingerprint density at radius 2 is 2.42 bits per heavy atom. The third kappa shape index (κ3) is 2.10. The van der Waals surface area contributed by atoms with Gasteiger partial charge in [0.15, 0.2) is 0 Å². The molecule has 4 nitrogen and oxygen atoms in total. The molecule has 0 aromatic carbocycles. The standard InChI is InChI=1S/C8H12N2O2/c1-2-9-4-6-3-7(11)5-10-8(6)12/h3,5,9,11H,2,4H2,1H3,(H,10,12). The van der Waals surface area contributed by atoms with E-state index in [9.17, 15) is 4.79 Å². The quantitative estimate of drug-likeness (QED) is 0.603. The van der Waals surface area contributed by atoms with E-state index in [1.807, 2.05) is 6.92 Å². The van der Waals surface area contributed by atoms with E-state index in [4.69, 9.17) is 5.11 Å². The summed E-state index contributed by atoms with van der Waals surface area (Å²) in [5, 5.41) is 12.0. The molecule has 1 aromatic rings. The molecule has 0 saturated heterocycles. The molecule has 0 aliphatic carbocycles. The average Bonchev–Trinajstić information content (AvgIpc) is 2.07. The Hall–Kier alpha value is -1.29. The highest BCUT2D eigenvalue weighted by Gasteiger charge is 1.98. The predicted octanol–water partition coefficient (Wildman–Crippen LogP) is 0.190. The van der Waals surface area contributed by atoms with Crippen molar-refractivity contribution >= 4 is 0 Å². The van der Waals surface area contributed by atoms with Crippen molar-refractivity contribution in [3.8, 4) is 5.75 Å². The van der Waals surface area contributed by atoms with E-state index in [2.05, 4.69) is 10.3 Å². The summed E-state index contributed by atoms with van der Waals surface area (Å²) in [7, 11) is 0. The molecule has 0 spiro atoms. The summed E-state index contributed by atoms with van der Waals surface area (Å²) in [6.45, 7) is 3.24. The third-order valence-corrected chi connectivity index (χ3v) is 1.53. The normalized spacial score (nSPS) is 10.1. The molecular weight excluding hydrogens is 156 g/mol. The fourth-order valence-electron chi connectivity index (χ4n) is 0.909. The molecule has 0 unspecified atom stereocenters. The first-order valence-corrected chi connectivity index (χ1v) is 3.85. The average molecular weight is 168 g/mol. The molecule has 0 amide bonds. The molecule has 1 heterocycles. The minimum Gasteiger partial charge on any atom is -0.506 e. The Bertz CT molecular complexity index is 306.